The first-order valence-electron chi connectivity index (χ1n) is 22.2. The lowest BCUT2D eigenvalue weighted by Crippen LogP contribution is -2.62. The third kappa shape index (κ3) is 6.38. The Morgan fingerprint density at radius 1 is 0.525 bits per heavy atom. The average molecular weight is 773 g/mol. The van der Waals surface area contributed by atoms with Gasteiger partial charge in [0.25, 0.3) is 6.71 Å². The Morgan fingerprint density at radius 2 is 1.07 bits per heavy atom. The van der Waals surface area contributed by atoms with Crippen LogP contribution in [0.3, 0.4) is 0 Å². The zero-order valence-electron chi connectivity index (χ0n) is 37.4. The van der Waals surface area contributed by atoms with Crippen LogP contribution in [0.15, 0.2) is 109 Å². The van der Waals surface area contributed by atoms with Crippen LogP contribution in [0.5, 0.6) is 0 Å². The third-order valence-corrected chi connectivity index (χ3v) is 14.1. The van der Waals surface area contributed by atoms with Gasteiger partial charge < -0.3 is 9.80 Å². The molecule has 2 aliphatic carbocycles. The Hall–Kier alpha value is -5.02. The highest BCUT2D eigenvalue weighted by atomic mass is 15.2. The second kappa shape index (κ2) is 13.0. The molecular formula is C56H61BN2. The van der Waals surface area contributed by atoms with Crippen molar-refractivity contribution in [3.8, 4) is 11.1 Å². The van der Waals surface area contributed by atoms with Crippen LogP contribution in [-0.4, -0.2) is 6.71 Å². The summed E-state index contributed by atoms with van der Waals surface area (Å²) in [7, 11) is 0. The van der Waals surface area contributed by atoms with Gasteiger partial charge in [-0.2, -0.15) is 0 Å². The maximum Gasteiger partial charge on any atom is 0.252 e. The number of benzene rings is 6. The van der Waals surface area contributed by atoms with Crippen LogP contribution in [0.1, 0.15) is 114 Å². The van der Waals surface area contributed by atoms with Crippen LogP contribution >= 0.6 is 0 Å². The molecule has 0 bridgehead atoms. The smallest absolute Gasteiger partial charge is 0.252 e. The van der Waals surface area contributed by atoms with E-state index in [0.717, 1.165) is 32.2 Å². The molecule has 2 aliphatic heterocycles. The van der Waals surface area contributed by atoms with Gasteiger partial charge in [0.15, 0.2) is 0 Å². The summed E-state index contributed by atoms with van der Waals surface area (Å²) in [5.41, 5.74) is 25.7. The van der Waals surface area contributed by atoms with Crippen LogP contribution in [0, 0.1) is 17.8 Å². The van der Waals surface area contributed by atoms with E-state index >= 15 is 0 Å². The van der Waals surface area contributed by atoms with Gasteiger partial charge in [-0.25, -0.2) is 0 Å². The molecule has 0 N–H and O–H groups in total. The maximum absolute atomic E-state index is 2.74. The average Bonchev–Trinajstić information content (AvgIpc) is 3.65. The second-order valence-electron chi connectivity index (χ2n) is 22.2. The van der Waals surface area contributed by atoms with E-state index in [-0.39, 0.29) is 28.4 Å². The van der Waals surface area contributed by atoms with Gasteiger partial charge in [0.1, 0.15) is 0 Å². The van der Waals surface area contributed by atoms with E-state index in [4.69, 9.17) is 0 Å². The van der Waals surface area contributed by atoms with Crippen LogP contribution < -0.4 is 26.2 Å². The van der Waals surface area contributed by atoms with Crippen molar-refractivity contribution in [2.75, 3.05) is 9.80 Å². The number of anilines is 5. The third-order valence-electron chi connectivity index (χ3n) is 14.1. The Kier molecular flexibility index (Phi) is 8.41. The van der Waals surface area contributed by atoms with Gasteiger partial charge in [0, 0.05) is 35.0 Å². The van der Waals surface area contributed by atoms with Crippen LogP contribution in [0.2, 0.25) is 0 Å². The molecule has 0 radical (unpaired) electrons. The van der Waals surface area contributed by atoms with E-state index in [0.29, 0.717) is 0 Å². The van der Waals surface area contributed by atoms with Crippen molar-refractivity contribution in [3.63, 3.8) is 0 Å². The minimum atomic E-state index is -0.0574. The normalized spacial score (nSPS) is 17.0. The number of fused-ring (bicyclic) bond motifs is 6. The Balaban J connectivity index is 1.29. The lowest BCUT2D eigenvalue weighted by molar-refractivity contribution is 0.392. The molecule has 10 rings (SSSR count). The quantitative estimate of drug-likeness (QED) is 0.164. The molecule has 0 amide bonds. The van der Waals surface area contributed by atoms with Gasteiger partial charge in [-0.05, 0) is 157 Å². The molecule has 0 atom stereocenters. The lowest BCUT2D eigenvalue weighted by atomic mass is 9.33. The Bertz CT molecular complexity index is 2680. The van der Waals surface area contributed by atoms with Crippen molar-refractivity contribution >= 4 is 51.5 Å². The minimum absolute atomic E-state index is 0.0439. The SMILES string of the molecule is Cc1ccccc1N1c2cc3c(cc2B2c4cc5c(cc4N(Cc4ccc(C(C)(C)C)cc4-c4ccccc4)c4cc(C(C)(C)C)cc1c42)CC(C)(C)C5)CC(C)(C)C3. The van der Waals surface area contributed by atoms with E-state index in [1.807, 2.05) is 0 Å². The number of aryl methyl sites for hydroxylation is 1. The summed E-state index contributed by atoms with van der Waals surface area (Å²) in [6.45, 7) is 27.2. The maximum atomic E-state index is 2.74. The van der Waals surface area contributed by atoms with Gasteiger partial charge in [0.2, 0.25) is 0 Å². The largest absolute Gasteiger partial charge is 0.338 e. The van der Waals surface area contributed by atoms with Gasteiger partial charge in [-0.1, -0.05) is 148 Å². The van der Waals surface area contributed by atoms with Crippen LogP contribution in [-0.2, 0) is 43.1 Å². The second-order valence-corrected chi connectivity index (χ2v) is 22.2. The molecule has 3 heteroatoms. The zero-order chi connectivity index (χ0) is 41.4. The number of para-hydroxylation sites is 1. The van der Waals surface area contributed by atoms with E-state index in [2.05, 4.69) is 195 Å². The summed E-state index contributed by atoms with van der Waals surface area (Å²) in [6.07, 6.45) is 4.48. The molecule has 59 heavy (non-hydrogen) atoms. The molecule has 0 saturated heterocycles. The molecule has 4 aliphatic rings. The number of hydrogen-bond donors (Lipinski definition) is 0. The minimum Gasteiger partial charge on any atom is -0.338 e. The standard InChI is InChI=1S/C56H61BN2/c1-35-17-15-16-20-47(35)59-49-26-41-33-56(10,11)31-39(41)24-46(49)57-45-23-38-30-55(8,9)32-40(38)25-48(45)58(50-28-43(54(5,6)7)29-51(59)52(50)57)34-37-21-22-42(53(2,3)4)27-44(37)36-18-13-12-14-19-36/h12-29H,30-34H2,1-11H3. The molecule has 298 valence electrons. The van der Waals surface area contributed by atoms with Gasteiger partial charge in [0.05, 0.1) is 0 Å². The Morgan fingerprint density at radius 3 is 1.68 bits per heavy atom. The van der Waals surface area contributed by atoms with Crippen LogP contribution in [0.25, 0.3) is 11.1 Å². The molecule has 0 spiro atoms. The van der Waals surface area contributed by atoms with Crippen molar-refractivity contribution in [1.29, 1.82) is 0 Å². The van der Waals surface area contributed by atoms with E-state index < -0.39 is 0 Å². The molecule has 0 fully saturated rings. The fraction of sp³-hybridized carbons (Fsp3) is 0.357. The monoisotopic (exact) mass is 772 g/mol. The fourth-order valence-electron chi connectivity index (χ4n) is 11.1. The van der Waals surface area contributed by atoms with Gasteiger partial charge in [-0.15, -0.1) is 0 Å². The topological polar surface area (TPSA) is 6.48 Å². The molecule has 0 aromatic heterocycles. The predicted octanol–water partition coefficient (Wildman–Crippen LogP) is 12.5. The predicted molar refractivity (Wildman–Crippen MR) is 254 cm³/mol. The highest BCUT2D eigenvalue weighted by molar-refractivity contribution is 7.00. The zero-order valence-corrected chi connectivity index (χ0v) is 37.4. The first-order valence-corrected chi connectivity index (χ1v) is 22.2. The van der Waals surface area contributed by atoms with Crippen molar-refractivity contribution in [2.24, 2.45) is 10.8 Å². The summed E-state index contributed by atoms with van der Waals surface area (Å²) in [6, 6.07) is 43.1. The van der Waals surface area contributed by atoms with E-state index in [1.165, 1.54) is 100 Å². The molecule has 2 nitrogen and oxygen atoms in total. The molecule has 0 saturated carbocycles. The number of hydrogen-bond acceptors (Lipinski definition) is 2. The van der Waals surface area contributed by atoms with Crippen LogP contribution in [0.4, 0.5) is 28.4 Å². The first kappa shape index (κ1) is 38.2. The fourth-order valence-corrected chi connectivity index (χ4v) is 11.1. The molecule has 2 heterocycles. The molecular weight excluding hydrogens is 711 g/mol. The summed E-state index contributed by atoms with van der Waals surface area (Å²) in [5, 5.41) is 0. The molecule has 6 aromatic rings. The van der Waals surface area contributed by atoms with Gasteiger partial charge >= 0.3 is 0 Å². The highest BCUT2D eigenvalue weighted by Crippen LogP contribution is 2.49. The summed E-state index contributed by atoms with van der Waals surface area (Å²) in [4.78, 5) is 5.40. The Labute approximate surface area is 354 Å². The summed E-state index contributed by atoms with van der Waals surface area (Å²) < 4.78 is 0. The van der Waals surface area contributed by atoms with E-state index in [1.54, 1.807) is 0 Å². The highest BCUT2D eigenvalue weighted by Gasteiger charge is 2.46. The first-order chi connectivity index (χ1) is 27.9. The van der Waals surface area contributed by atoms with Crippen molar-refractivity contribution in [2.45, 2.75) is 119 Å². The molecule has 0 unspecified atom stereocenters. The number of nitrogens with zero attached hydrogens (tertiary/aromatic N) is 2. The molecule has 6 aromatic carbocycles. The van der Waals surface area contributed by atoms with E-state index in [9.17, 15) is 0 Å². The summed E-state index contributed by atoms with van der Waals surface area (Å²) >= 11 is 0. The van der Waals surface area contributed by atoms with Crippen molar-refractivity contribution in [1.82, 2.24) is 0 Å². The van der Waals surface area contributed by atoms with Crippen molar-refractivity contribution in [3.05, 3.63) is 154 Å². The van der Waals surface area contributed by atoms with Gasteiger partial charge in [-0.3, -0.25) is 0 Å². The number of rotatable bonds is 4. The summed E-state index contributed by atoms with van der Waals surface area (Å²) in [5.74, 6) is 0. The lowest BCUT2D eigenvalue weighted by Gasteiger charge is -2.46. The van der Waals surface area contributed by atoms with Crippen molar-refractivity contribution < 1.29 is 0 Å².